The largest absolute Gasteiger partial charge is 0.314 e. The third-order valence-electron chi connectivity index (χ3n) is 11.3. The second kappa shape index (κ2) is 21.2. The van der Waals surface area contributed by atoms with Crippen LogP contribution in [0.25, 0.3) is 0 Å². The quantitative estimate of drug-likeness (QED) is 0.0907. The summed E-state index contributed by atoms with van der Waals surface area (Å²) in [6, 6.07) is 77.6. The van der Waals surface area contributed by atoms with Crippen molar-refractivity contribution in [2.45, 2.75) is 12.8 Å². The summed E-state index contributed by atoms with van der Waals surface area (Å²) >= 11 is 0. The molecule has 0 fully saturated rings. The van der Waals surface area contributed by atoms with Crippen LogP contribution >= 0.6 is 28.6 Å². The van der Waals surface area contributed by atoms with E-state index in [1.807, 2.05) is 243 Å². The van der Waals surface area contributed by atoms with Crippen molar-refractivity contribution >= 4 is 71.0 Å². The van der Waals surface area contributed by atoms with Gasteiger partial charge in [0.25, 0.3) is 0 Å². The van der Waals surface area contributed by atoms with E-state index in [2.05, 4.69) is 0 Å². The second-order valence-electron chi connectivity index (χ2n) is 15.2. The summed E-state index contributed by atoms with van der Waals surface area (Å²) in [4.78, 5) is 0. The van der Waals surface area contributed by atoms with Crippen LogP contribution in [-0.4, -0.2) is 24.6 Å². The van der Waals surface area contributed by atoms with Crippen LogP contribution in [0.4, 0.5) is 0 Å². The van der Waals surface area contributed by atoms with Gasteiger partial charge >= 0.3 is 0 Å². The number of hydrogen-bond acceptors (Lipinski definition) is 4. The van der Waals surface area contributed by atoms with Gasteiger partial charge in [0.15, 0.2) is 0 Å². The number of rotatable bonds is 16. The maximum atomic E-state index is 14.3. The molecule has 0 radical (unpaired) electrons. The molecule has 0 spiro atoms. The van der Waals surface area contributed by atoms with Crippen LogP contribution in [0.3, 0.4) is 0 Å². The van der Waals surface area contributed by atoms with Crippen molar-refractivity contribution in [3.8, 4) is 0 Å². The third kappa shape index (κ3) is 10.5. The van der Waals surface area contributed by atoms with E-state index in [-0.39, 0.29) is 0 Å². The van der Waals surface area contributed by atoms with E-state index < -0.39 is 28.6 Å². The highest BCUT2D eigenvalue weighted by atomic mass is 31.2. The highest BCUT2D eigenvalue weighted by Crippen LogP contribution is 2.50. The molecule has 0 bridgehead atoms. The zero-order valence-corrected chi connectivity index (χ0v) is 38.3. The average Bonchev–Trinajstić information content (AvgIpc) is 3.36. The van der Waals surface area contributed by atoms with Crippen LogP contribution in [0.1, 0.15) is 12.8 Å². The molecule has 312 valence electrons. The lowest BCUT2D eigenvalue weighted by atomic mass is 10.4. The van der Waals surface area contributed by atoms with Gasteiger partial charge in [-0.15, -0.1) is 0 Å². The SMILES string of the molecule is O=P(CCCP(=O)(c1ccccc1)c1ccccc1)(c1ccccc1)c1ccccc1.O=P(CCCP(=O)(c1ccccc1)c1ccccc1)(c1ccccc1)c1ccccc1. The molecular weight excluding hydrogens is 836 g/mol. The maximum absolute atomic E-state index is 14.3. The summed E-state index contributed by atoms with van der Waals surface area (Å²) in [6.45, 7) is 0. The first kappa shape index (κ1) is 44.7. The minimum Gasteiger partial charge on any atom is -0.314 e. The molecule has 0 saturated heterocycles. The van der Waals surface area contributed by atoms with Crippen molar-refractivity contribution in [2.24, 2.45) is 0 Å². The van der Waals surface area contributed by atoms with Crippen molar-refractivity contribution in [3.63, 3.8) is 0 Å². The molecular formula is C54H52O4P4. The smallest absolute Gasteiger partial charge is 0.143 e. The first-order valence-corrected chi connectivity index (χ1v) is 28.6. The van der Waals surface area contributed by atoms with E-state index in [1.165, 1.54) is 0 Å². The molecule has 0 unspecified atom stereocenters. The third-order valence-corrected chi connectivity index (χ3v) is 24.1. The first-order chi connectivity index (χ1) is 30.3. The topological polar surface area (TPSA) is 68.3 Å². The molecule has 0 N–H and O–H groups in total. The molecule has 62 heavy (non-hydrogen) atoms. The number of benzene rings is 8. The Morgan fingerprint density at radius 1 is 0.194 bits per heavy atom. The standard InChI is InChI=1S/2C27H26O2P2/c2*28-30(24-14-5-1-6-15-24,25-16-7-2-8-17-25)22-13-23-31(29,26-18-9-3-10-19-26)27-20-11-4-12-21-27/h2*1-12,14-21H,13,22-23H2. The summed E-state index contributed by atoms with van der Waals surface area (Å²) in [5.74, 6) is 0. The maximum Gasteiger partial charge on any atom is 0.143 e. The highest BCUT2D eigenvalue weighted by Gasteiger charge is 2.33. The summed E-state index contributed by atoms with van der Waals surface area (Å²) in [5, 5.41) is 6.86. The fourth-order valence-electron chi connectivity index (χ4n) is 8.01. The van der Waals surface area contributed by atoms with Crippen molar-refractivity contribution < 1.29 is 18.3 Å². The molecule has 8 aromatic carbocycles. The fourth-order valence-corrected chi connectivity index (χ4v) is 19.4. The molecule has 0 aromatic heterocycles. The van der Waals surface area contributed by atoms with Crippen LogP contribution in [0, 0.1) is 0 Å². The minimum absolute atomic E-state index is 0.491. The molecule has 0 heterocycles. The molecule has 8 aromatic rings. The van der Waals surface area contributed by atoms with Gasteiger partial charge in [-0.05, 0) is 12.8 Å². The van der Waals surface area contributed by atoms with Gasteiger partial charge < -0.3 is 18.3 Å². The lowest BCUT2D eigenvalue weighted by Crippen LogP contribution is -2.22. The fraction of sp³-hybridized carbons (Fsp3) is 0.111. The zero-order valence-electron chi connectivity index (χ0n) is 34.8. The van der Waals surface area contributed by atoms with Crippen molar-refractivity contribution in [3.05, 3.63) is 243 Å². The molecule has 0 amide bonds. The predicted octanol–water partition coefficient (Wildman–Crippen LogP) is 10.8. The van der Waals surface area contributed by atoms with Crippen LogP contribution in [0.5, 0.6) is 0 Å². The monoisotopic (exact) mass is 888 g/mol. The number of hydrogen-bond donors (Lipinski definition) is 0. The Labute approximate surface area is 367 Å². The van der Waals surface area contributed by atoms with Gasteiger partial charge in [-0.1, -0.05) is 243 Å². The zero-order chi connectivity index (χ0) is 43.1. The van der Waals surface area contributed by atoms with Crippen molar-refractivity contribution in [1.82, 2.24) is 0 Å². The van der Waals surface area contributed by atoms with E-state index >= 15 is 0 Å². The van der Waals surface area contributed by atoms with Gasteiger partial charge in [0.05, 0.1) is 0 Å². The van der Waals surface area contributed by atoms with E-state index in [0.29, 0.717) is 37.5 Å². The Balaban J connectivity index is 0.000000186. The second-order valence-corrected chi connectivity index (χ2v) is 27.1. The van der Waals surface area contributed by atoms with Gasteiger partial charge in [0, 0.05) is 67.1 Å². The Morgan fingerprint density at radius 3 is 0.419 bits per heavy atom. The Hall–Kier alpha value is -5.32. The summed E-state index contributed by atoms with van der Waals surface area (Å²) in [7, 11) is -11.3. The first-order valence-electron chi connectivity index (χ1n) is 21.1. The molecule has 4 nitrogen and oxygen atoms in total. The van der Waals surface area contributed by atoms with Gasteiger partial charge in [-0.2, -0.15) is 0 Å². The normalized spacial score (nSPS) is 11.9. The van der Waals surface area contributed by atoms with Crippen molar-refractivity contribution in [1.29, 1.82) is 0 Å². The molecule has 0 aliphatic carbocycles. The Bertz CT molecular complexity index is 2210. The van der Waals surface area contributed by atoms with Gasteiger partial charge in [-0.25, -0.2) is 0 Å². The van der Waals surface area contributed by atoms with Gasteiger partial charge in [0.2, 0.25) is 0 Å². The van der Waals surface area contributed by atoms with Crippen molar-refractivity contribution in [2.75, 3.05) is 24.6 Å². The van der Waals surface area contributed by atoms with E-state index in [9.17, 15) is 18.3 Å². The predicted molar refractivity (Wildman–Crippen MR) is 268 cm³/mol. The van der Waals surface area contributed by atoms with E-state index in [1.54, 1.807) is 0 Å². The molecule has 0 aliphatic heterocycles. The van der Waals surface area contributed by atoms with Gasteiger partial charge in [0.1, 0.15) is 28.6 Å². The Morgan fingerprint density at radius 2 is 0.306 bits per heavy atom. The van der Waals surface area contributed by atoms with Crippen LogP contribution in [0.2, 0.25) is 0 Å². The van der Waals surface area contributed by atoms with E-state index in [0.717, 1.165) is 42.4 Å². The lowest BCUT2D eigenvalue weighted by Gasteiger charge is -2.23. The van der Waals surface area contributed by atoms with Crippen LogP contribution in [-0.2, 0) is 18.3 Å². The molecule has 8 rings (SSSR count). The molecule has 0 aliphatic rings. The molecule has 0 atom stereocenters. The summed E-state index contributed by atoms with van der Waals surface area (Å²) in [6.07, 6.45) is 3.19. The molecule has 0 saturated carbocycles. The van der Waals surface area contributed by atoms with Crippen LogP contribution in [0.15, 0.2) is 243 Å². The molecule has 8 heteroatoms. The average molecular weight is 889 g/mol. The summed E-state index contributed by atoms with van der Waals surface area (Å²) < 4.78 is 57.1. The summed E-state index contributed by atoms with van der Waals surface area (Å²) in [5.41, 5.74) is 0. The lowest BCUT2D eigenvalue weighted by molar-refractivity contribution is 0.581. The van der Waals surface area contributed by atoms with E-state index in [4.69, 9.17) is 0 Å². The minimum atomic E-state index is -2.81. The Kier molecular flexibility index (Phi) is 15.3. The van der Waals surface area contributed by atoms with Crippen LogP contribution < -0.4 is 42.4 Å². The highest BCUT2D eigenvalue weighted by molar-refractivity contribution is 7.80. The van der Waals surface area contributed by atoms with Gasteiger partial charge in [-0.3, -0.25) is 0 Å².